The van der Waals surface area contributed by atoms with Gasteiger partial charge in [-0.15, -0.1) is 0 Å². The van der Waals surface area contributed by atoms with Gasteiger partial charge in [-0.1, -0.05) is 26.3 Å². The van der Waals surface area contributed by atoms with Crippen LogP contribution >= 0.6 is 0 Å². The fourth-order valence-corrected chi connectivity index (χ4v) is 9.61. The van der Waals surface area contributed by atoms with Crippen molar-refractivity contribution in [2.45, 2.75) is 84.3 Å². The maximum atomic E-state index is 13.9. The Bertz CT molecular complexity index is 834. The number of aliphatic hydroxyl groups is 1. The van der Waals surface area contributed by atoms with Crippen LogP contribution in [0.3, 0.4) is 0 Å². The second-order valence-electron chi connectivity index (χ2n) is 12.4. The molecular formula is C27H39NO3. The van der Waals surface area contributed by atoms with Crippen LogP contribution in [-0.2, 0) is 9.59 Å². The van der Waals surface area contributed by atoms with E-state index in [1.54, 1.807) is 0 Å². The zero-order chi connectivity index (χ0) is 21.7. The molecule has 1 amide bonds. The molecule has 0 aromatic carbocycles. The van der Waals surface area contributed by atoms with E-state index < -0.39 is 0 Å². The number of carbonyl (C=O) groups excluding carboxylic acids is 2. The minimum Gasteiger partial charge on any atom is -0.392 e. The van der Waals surface area contributed by atoms with Crippen LogP contribution in [0, 0.1) is 52.8 Å². The summed E-state index contributed by atoms with van der Waals surface area (Å²) in [6.07, 6.45) is 9.59. The van der Waals surface area contributed by atoms with Crippen molar-refractivity contribution in [1.82, 2.24) is 4.90 Å². The van der Waals surface area contributed by atoms with Gasteiger partial charge in [0.2, 0.25) is 5.91 Å². The van der Waals surface area contributed by atoms with Gasteiger partial charge in [0.15, 0.2) is 5.78 Å². The second kappa shape index (κ2) is 6.92. The van der Waals surface area contributed by atoms with Gasteiger partial charge < -0.3 is 10.0 Å². The van der Waals surface area contributed by atoms with Crippen LogP contribution < -0.4 is 0 Å². The van der Waals surface area contributed by atoms with Crippen LogP contribution in [0.5, 0.6) is 0 Å². The number of hydrogen-bond acceptors (Lipinski definition) is 3. The van der Waals surface area contributed by atoms with Crippen LogP contribution in [0.2, 0.25) is 0 Å². The molecule has 11 unspecified atom stereocenters. The average Bonchev–Trinajstić information content (AvgIpc) is 3.14. The van der Waals surface area contributed by atoms with Crippen molar-refractivity contribution in [3.8, 4) is 0 Å². The molecule has 4 heteroatoms. The van der Waals surface area contributed by atoms with E-state index in [4.69, 9.17) is 0 Å². The molecule has 0 spiro atoms. The van der Waals surface area contributed by atoms with E-state index in [0.29, 0.717) is 66.2 Å². The molecule has 4 aliphatic carbocycles. The third-order valence-electron chi connectivity index (χ3n) is 11.2. The van der Waals surface area contributed by atoms with E-state index in [-0.39, 0.29) is 23.2 Å². The van der Waals surface area contributed by atoms with Gasteiger partial charge in [0.05, 0.1) is 6.10 Å². The highest BCUT2D eigenvalue weighted by Crippen LogP contribution is 2.66. The van der Waals surface area contributed by atoms with E-state index in [9.17, 15) is 14.7 Å². The van der Waals surface area contributed by atoms with E-state index in [1.807, 2.05) is 6.08 Å². The normalized spacial score (nSPS) is 53.7. The van der Waals surface area contributed by atoms with Crippen LogP contribution in [0.1, 0.15) is 72.1 Å². The van der Waals surface area contributed by atoms with Gasteiger partial charge in [-0.3, -0.25) is 9.59 Å². The molecule has 6 rings (SSSR count). The number of amides is 1. The van der Waals surface area contributed by atoms with Gasteiger partial charge in [0.1, 0.15) is 0 Å². The summed E-state index contributed by atoms with van der Waals surface area (Å²) in [5.74, 6) is 4.21. The lowest BCUT2D eigenvalue weighted by Crippen LogP contribution is -2.61. The first-order valence-corrected chi connectivity index (χ1v) is 13.0. The van der Waals surface area contributed by atoms with Gasteiger partial charge in [-0.2, -0.15) is 0 Å². The van der Waals surface area contributed by atoms with Crippen molar-refractivity contribution in [3.05, 3.63) is 11.6 Å². The maximum Gasteiger partial charge on any atom is 0.226 e. The highest BCUT2D eigenvalue weighted by Gasteiger charge is 2.63. The average molecular weight is 426 g/mol. The Balaban J connectivity index is 1.35. The number of fused-ring (bicyclic) bond motifs is 8. The lowest BCUT2D eigenvalue weighted by Gasteiger charge is -2.55. The number of nitrogens with zero attached hydrogens (tertiary/aromatic N) is 1. The number of carbonyl (C=O) groups is 2. The molecule has 1 N–H and O–H groups in total. The molecule has 5 fully saturated rings. The summed E-state index contributed by atoms with van der Waals surface area (Å²) in [5.41, 5.74) is 1.23. The Hall–Kier alpha value is -1.16. The number of hydrogen-bond donors (Lipinski definition) is 1. The summed E-state index contributed by atoms with van der Waals surface area (Å²) in [6, 6.07) is 0.451. The summed E-state index contributed by atoms with van der Waals surface area (Å²) < 4.78 is 0. The summed E-state index contributed by atoms with van der Waals surface area (Å²) in [5, 5.41) is 11.2. The predicted molar refractivity (Wildman–Crippen MR) is 119 cm³/mol. The number of piperidine rings is 2. The quantitative estimate of drug-likeness (QED) is 0.632. The first-order valence-electron chi connectivity index (χ1n) is 13.0. The highest BCUT2D eigenvalue weighted by atomic mass is 16.3. The van der Waals surface area contributed by atoms with Crippen LogP contribution in [0.15, 0.2) is 11.6 Å². The van der Waals surface area contributed by atoms with Crippen molar-refractivity contribution in [2.24, 2.45) is 52.8 Å². The van der Waals surface area contributed by atoms with Gasteiger partial charge in [-0.25, -0.2) is 0 Å². The predicted octanol–water partition coefficient (Wildman–Crippen LogP) is 4.22. The monoisotopic (exact) mass is 425 g/mol. The van der Waals surface area contributed by atoms with Gasteiger partial charge in [-0.05, 0) is 97.9 Å². The molecule has 0 bridgehead atoms. The Morgan fingerprint density at radius 2 is 1.84 bits per heavy atom. The van der Waals surface area contributed by atoms with Crippen molar-refractivity contribution >= 4 is 11.7 Å². The highest BCUT2D eigenvalue weighted by molar-refractivity contribution is 5.91. The van der Waals surface area contributed by atoms with E-state index in [1.165, 1.54) is 24.8 Å². The fourth-order valence-electron chi connectivity index (χ4n) is 9.61. The van der Waals surface area contributed by atoms with Crippen LogP contribution in [0.25, 0.3) is 0 Å². The van der Waals surface area contributed by atoms with E-state index in [2.05, 4.69) is 25.7 Å². The Labute approximate surface area is 186 Å². The van der Waals surface area contributed by atoms with Crippen molar-refractivity contribution in [1.29, 1.82) is 0 Å². The minimum atomic E-state index is -0.347. The smallest absolute Gasteiger partial charge is 0.226 e. The van der Waals surface area contributed by atoms with Crippen LogP contribution in [0.4, 0.5) is 0 Å². The third-order valence-corrected chi connectivity index (χ3v) is 11.2. The minimum absolute atomic E-state index is 0.0378. The van der Waals surface area contributed by atoms with Crippen molar-refractivity contribution in [2.75, 3.05) is 6.54 Å². The molecule has 6 aliphatic rings. The molecule has 4 nitrogen and oxygen atoms in total. The molecule has 2 heterocycles. The maximum absolute atomic E-state index is 13.9. The first-order chi connectivity index (χ1) is 14.8. The SMILES string of the molecule is CC1CCC2C(C)C3CCC4C(CC5C4C(O)CC4=CC(=O)CCC45C)C3C(=O)N2C1. The number of rotatable bonds is 0. The molecule has 2 aliphatic heterocycles. The number of allylic oxidation sites excluding steroid dienone is 1. The summed E-state index contributed by atoms with van der Waals surface area (Å²) in [7, 11) is 0. The largest absolute Gasteiger partial charge is 0.392 e. The Morgan fingerprint density at radius 1 is 1.06 bits per heavy atom. The molecule has 170 valence electrons. The molecule has 0 aromatic heterocycles. The van der Waals surface area contributed by atoms with Crippen molar-refractivity contribution in [3.63, 3.8) is 0 Å². The van der Waals surface area contributed by atoms with Crippen molar-refractivity contribution < 1.29 is 14.7 Å². The lowest BCUT2D eigenvalue weighted by molar-refractivity contribution is -0.162. The zero-order valence-corrected chi connectivity index (χ0v) is 19.4. The molecule has 2 saturated heterocycles. The fraction of sp³-hybridized carbons (Fsp3) is 0.852. The molecule has 0 radical (unpaired) electrons. The Morgan fingerprint density at radius 3 is 2.65 bits per heavy atom. The topological polar surface area (TPSA) is 57.6 Å². The standard InChI is InChI=1S/C27H39NO3/c1-14-4-7-22-15(2)18-5-6-19-20(24(18)26(31)28(22)13-14)12-21-25(19)23(30)11-16-10-17(29)8-9-27(16,21)3/h10,14-15,18-25,30H,4-9,11-13H2,1-3H3. The van der Waals surface area contributed by atoms with Gasteiger partial charge in [0, 0.05) is 24.9 Å². The molecule has 3 saturated carbocycles. The molecule has 11 atom stereocenters. The number of aliphatic hydroxyl groups excluding tert-OH is 1. The van der Waals surface area contributed by atoms with E-state index in [0.717, 1.165) is 25.8 Å². The summed E-state index contributed by atoms with van der Waals surface area (Å²) >= 11 is 0. The molecular weight excluding hydrogens is 386 g/mol. The molecule has 31 heavy (non-hydrogen) atoms. The lowest BCUT2D eigenvalue weighted by atomic mass is 9.55. The van der Waals surface area contributed by atoms with Gasteiger partial charge >= 0.3 is 0 Å². The summed E-state index contributed by atoms with van der Waals surface area (Å²) in [4.78, 5) is 28.3. The number of ketones is 1. The van der Waals surface area contributed by atoms with Crippen LogP contribution in [-0.4, -0.2) is 40.4 Å². The Kier molecular flexibility index (Phi) is 4.56. The van der Waals surface area contributed by atoms with Gasteiger partial charge in [0.25, 0.3) is 0 Å². The third kappa shape index (κ3) is 2.75. The second-order valence-corrected chi connectivity index (χ2v) is 12.4. The summed E-state index contributed by atoms with van der Waals surface area (Å²) in [6.45, 7) is 8.02. The first kappa shape index (κ1) is 20.4. The molecule has 0 aromatic rings. The zero-order valence-electron chi connectivity index (χ0n) is 19.4. The van der Waals surface area contributed by atoms with E-state index >= 15 is 0 Å².